The van der Waals surface area contributed by atoms with Gasteiger partial charge in [-0.05, 0) is 0 Å². The summed E-state index contributed by atoms with van der Waals surface area (Å²) in [5, 5.41) is -5.02. The Labute approximate surface area is 64.8 Å². The first-order valence-corrected chi connectivity index (χ1v) is 3.66. The summed E-state index contributed by atoms with van der Waals surface area (Å²) in [5.41, 5.74) is 0. The molecule has 0 aliphatic carbocycles. The monoisotopic (exact) mass is 210 g/mol. The molecule has 0 radical (unpaired) electrons. The number of hydrogen-bond donors (Lipinski definition) is 1. The van der Waals surface area contributed by atoms with E-state index in [1.165, 1.54) is 0 Å². The molecule has 66 valence electrons. The van der Waals surface area contributed by atoms with Crippen LogP contribution in [0.5, 0.6) is 0 Å². The van der Waals surface area contributed by atoms with Crippen LogP contribution in [0.3, 0.4) is 0 Å². The molecular formula is C2HClF2O5S. The van der Waals surface area contributed by atoms with E-state index >= 15 is 0 Å². The molecule has 9 heteroatoms. The lowest BCUT2D eigenvalue weighted by molar-refractivity contribution is -0.150. The molecule has 0 fully saturated rings. The average Bonchev–Trinajstić information content (AvgIpc) is 1.83. The van der Waals surface area contributed by atoms with E-state index in [4.69, 9.17) is 4.55 Å². The highest BCUT2D eigenvalue weighted by Crippen LogP contribution is 2.22. The molecule has 0 heterocycles. The third kappa shape index (κ3) is 1.98. The van der Waals surface area contributed by atoms with Gasteiger partial charge in [0.1, 0.15) is 11.9 Å². The van der Waals surface area contributed by atoms with Crippen LogP contribution in [0.2, 0.25) is 0 Å². The van der Waals surface area contributed by atoms with Gasteiger partial charge in [0, 0.05) is 0 Å². The van der Waals surface area contributed by atoms with E-state index in [2.05, 4.69) is 16.2 Å². The predicted octanol–water partition coefficient (Wildman–Crippen LogP) is 0.164. The highest BCUT2D eigenvalue weighted by atomic mass is 35.5. The Bertz CT molecular complexity index is 258. The summed E-state index contributed by atoms with van der Waals surface area (Å²) in [5.74, 6) is -2.55. The Morgan fingerprint density at radius 3 is 2.00 bits per heavy atom. The third-order valence-corrected chi connectivity index (χ3v) is 1.59. The van der Waals surface area contributed by atoms with Crippen LogP contribution in [-0.2, 0) is 19.2 Å². The quantitative estimate of drug-likeness (QED) is 0.657. The van der Waals surface area contributed by atoms with Crippen LogP contribution in [-0.4, -0.2) is 24.2 Å². The zero-order valence-corrected chi connectivity index (χ0v) is 6.19. The van der Waals surface area contributed by atoms with Crippen molar-refractivity contribution in [2.45, 2.75) is 5.25 Å². The highest BCUT2D eigenvalue weighted by Gasteiger charge is 2.54. The Balaban J connectivity index is 4.90. The van der Waals surface area contributed by atoms with Gasteiger partial charge in [0.15, 0.2) is 0 Å². The molecular weight excluding hydrogens is 210 g/mol. The van der Waals surface area contributed by atoms with Gasteiger partial charge in [0.25, 0.3) is 0 Å². The Morgan fingerprint density at radius 1 is 1.55 bits per heavy atom. The molecule has 0 aliphatic heterocycles. The smallest absolute Gasteiger partial charge is 0.341 e. The lowest BCUT2D eigenvalue weighted by atomic mass is 10.7. The number of alkyl halides is 2. The topological polar surface area (TPSA) is 80.7 Å². The van der Waals surface area contributed by atoms with Gasteiger partial charge in [-0.3, -0.25) is 4.55 Å². The molecule has 0 spiro atoms. The highest BCUT2D eigenvalue weighted by molar-refractivity contribution is 7.87. The van der Waals surface area contributed by atoms with Gasteiger partial charge in [0.2, 0.25) is 0 Å². The SMILES string of the molecule is O=C(OCl)C(F)(F)S(=O)(=O)O. The predicted molar refractivity (Wildman–Crippen MR) is 28.4 cm³/mol. The van der Waals surface area contributed by atoms with Crippen LogP contribution in [0.1, 0.15) is 0 Å². The largest absolute Gasteiger partial charge is 0.467 e. The number of carbonyl (C=O) groups excluding carboxylic acids is 1. The van der Waals surface area contributed by atoms with Gasteiger partial charge in [0.05, 0.1) is 0 Å². The lowest BCUT2D eigenvalue weighted by Crippen LogP contribution is -2.37. The van der Waals surface area contributed by atoms with Crippen LogP contribution < -0.4 is 0 Å². The van der Waals surface area contributed by atoms with Gasteiger partial charge in [-0.2, -0.15) is 17.2 Å². The molecule has 0 aromatic heterocycles. The summed E-state index contributed by atoms with van der Waals surface area (Å²) in [6.45, 7) is 0. The number of carbonyl (C=O) groups is 1. The van der Waals surface area contributed by atoms with E-state index < -0.39 is 21.3 Å². The van der Waals surface area contributed by atoms with E-state index in [1.807, 2.05) is 0 Å². The molecule has 0 amide bonds. The number of halogens is 3. The summed E-state index contributed by atoms with van der Waals surface area (Å²) in [4.78, 5) is 9.84. The maximum Gasteiger partial charge on any atom is 0.467 e. The fourth-order valence-corrected chi connectivity index (χ4v) is 0.545. The number of rotatable bonds is 2. The average molecular weight is 211 g/mol. The zero-order valence-electron chi connectivity index (χ0n) is 4.62. The fourth-order valence-electron chi connectivity index (χ4n) is 0.150. The molecule has 0 aromatic rings. The van der Waals surface area contributed by atoms with E-state index in [0.29, 0.717) is 0 Å². The van der Waals surface area contributed by atoms with Crippen molar-refractivity contribution in [3.8, 4) is 0 Å². The molecule has 5 nitrogen and oxygen atoms in total. The minimum Gasteiger partial charge on any atom is -0.341 e. The van der Waals surface area contributed by atoms with Crippen LogP contribution in [0.4, 0.5) is 8.78 Å². The molecule has 0 unspecified atom stereocenters. The van der Waals surface area contributed by atoms with Crippen molar-refractivity contribution in [3.63, 3.8) is 0 Å². The first-order valence-electron chi connectivity index (χ1n) is 1.91. The van der Waals surface area contributed by atoms with E-state index in [1.54, 1.807) is 0 Å². The molecule has 0 atom stereocenters. The minimum atomic E-state index is -5.81. The molecule has 0 saturated carbocycles. The van der Waals surface area contributed by atoms with E-state index in [9.17, 15) is 22.0 Å². The van der Waals surface area contributed by atoms with Crippen molar-refractivity contribution in [2.24, 2.45) is 0 Å². The normalized spacial score (nSPS) is 12.7. The summed E-state index contributed by atoms with van der Waals surface area (Å²) in [6.07, 6.45) is 0. The molecule has 0 aromatic carbocycles. The zero-order chi connectivity index (χ0) is 9.28. The minimum absolute atomic E-state index is 2.55. The van der Waals surface area contributed by atoms with Crippen molar-refractivity contribution in [1.82, 2.24) is 0 Å². The van der Waals surface area contributed by atoms with Crippen molar-refractivity contribution < 1.29 is 30.8 Å². The summed E-state index contributed by atoms with van der Waals surface area (Å²) >= 11 is 4.14. The van der Waals surface area contributed by atoms with Crippen molar-refractivity contribution >= 4 is 28.0 Å². The van der Waals surface area contributed by atoms with Crippen LogP contribution in [0.15, 0.2) is 0 Å². The maximum absolute atomic E-state index is 11.9. The maximum atomic E-state index is 11.9. The van der Waals surface area contributed by atoms with Crippen molar-refractivity contribution in [2.75, 3.05) is 0 Å². The van der Waals surface area contributed by atoms with E-state index in [-0.39, 0.29) is 0 Å². The molecule has 0 aliphatic rings. The second kappa shape index (κ2) is 2.88. The Hall–Kier alpha value is -0.470. The molecule has 0 rings (SSSR count). The van der Waals surface area contributed by atoms with Gasteiger partial charge in [-0.15, -0.1) is 0 Å². The van der Waals surface area contributed by atoms with Crippen LogP contribution in [0, 0.1) is 0 Å². The van der Waals surface area contributed by atoms with Gasteiger partial charge in [-0.1, -0.05) is 0 Å². The number of hydrogen-bond acceptors (Lipinski definition) is 4. The fraction of sp³-hybridized carbons (Fsp3) is 0.500. The lowest BCUT2D eigenvalue weighted by Gasteiger charge is -2.06. The molecule has 0 bridgehead atoms. The molecule has 1 N–H and O–H groups in total. The summed E-state index contributed by atoms with van der Waals surface area (Å²) in [7, 11) is -5.81. The first-order chi connectivity index (χ1) is 4.73. The Morgan fingerprint density at radius 2 is 1.91 bits per heavy atom. The molecule has 0 saturated heterocycles. The summed E-state index contributed by atoms with van der Waals surface area (Å²) < 4.78 is 53.8. The Kier molecular flexibility index (Phi) is 2.75. The standard InChI is InChI=1S/C2HClF2O5S/c3-10-1(6)2(4,5)11(7,8)9/h(H,7,8,9). The second-order valence-electron chi connectivity index (χ2n) is 1.36. The summed E-state index contributed by atoms with van der Waals surface area (Å²) in [6, 6.07) is 0. The van der Waals surface area contributed by atoms with Gasteiger partial charge < -0.3 is 4.29 Å². The second-order valence-corrected chi connectivity index (χ2v) is 2.97. The first kappa shape index (κ1) is 10.5. The van der Waals surface area contributed by atoms with Gasteiger partial charge >= 0.3 is 21.3 Å². The van der Waals surface area contributed by atoms with Crippen molar-refractivity contribution in [3.05, 3.63) is 0 Å². The van der Waals surface area contributed by atoms with Gasteiger partial charge in [-0.25, -0.2) is 4.79 Å². The van der Waals surface area contributed by atoms with Crippen LogP contribution in [0.25, 0.3) is 0 Å². The molecule has 11 heavy (non-hydrogen) atoms. The third-order valence-electron chi connectivity index (χ3n) is 0.632. The van der Waals surface area contributed by atoms with E-state index in [0.717, 1.165) is 0 Å². The van der Waals surface area contributed by atoms with Crippen LogP contribution >= 0.6 is 11.9 Å². The van der Waals surface area contributed by atoms with Crippen molar-refractivity contribution in [1.29, 1.82) is 0 Å².